The second kappa shape index (κ2) is 5.57. The van der Waals surface area contributed by atoms with Gasteiger partial charge >= 0.3 is 0 Å². The van der Waals surface area contributed by atoms with Crippen LogP contribution in [-0.2, 0) is 23.6 Å². The monoisotopic (exact) mass is 310 g/mol. The summed E-state index contributed by atoms with van der Waals surface area (Å²) in [6, 6.07) is 0. The molecule has 0 radical (unpaired) electrons. The highest BCUT2D eigenvalue weighted by molar-refractivity contribution is 7.89. The maximum Gasteiger partial charge on any atom is 0.246 e. The van der Waals surface area contributed by atoms with Crippen LogP contribution in [0.4, 0.5) is 0 Å². The van der Waals surface area contributed by atoms with Gasteiger partial charge in [-0.25, -0.2) is 13.4 Å². The van der Waals surface area contributed by atoms with E-state index in [9.17, 15) is 8.42 Å². The molecule has 0 saturated carbocycles. The first-order chi connectivity index (χ1) is 10.1. The molecule has 0 N–H and O–H groups in total. The number of hydrogen-bond donors (Lipinski definition) is 0. The molecule has 0 spiro atoms. The summed E-state index contributed by atoms with van der Waals surface area (Å²) >= 11 is 0. The fourth-order valence-electron chi connectivity index (χ4n) is 2.67. The molecule has 2 aromatic heterocycles. The molecule has 3 rings (SSSR count). The molecule has 2 aromatic rings. The Morgan fingerprint density at radius 1 is 1.38 bits per heavy atom. The Hall–Kier alpha value is -1.74. The van der Waals surface area contributed by atoms with Crippen LogP contribution in [0.25, 0.3) is 0 Å². The average molecular weight is 310 g/mol. The van der Waals surface area contributed by atoms with Crippen molar-refractivity contribution in [2.75, 3.05) is 13.1 Å². The lowest BCUT2D eigenvalue weighted by atomic mass is 10.00. The van der Waals surface area contributed by atoms with E-state index in [4.69, 9.17) is 0 Å². The van der Waals surface area contributed by atoms with Crippen LogP contribution in [0.5, 0.6) is 0 Å². The molecule has 1 saturated heterocycles. The second-order valence-electron chi connectivity index (χ2n) is 5.34. The Balaban J connectivity index is 1.73. The van der Waals surface area contributed by atoms with Gasteiger partial charge in [-0.1, -0.05) is 0 Å². The standard InChI is InChI=1S/C12H18N6O2S/c1-16-8-12(5-14-16)21(19,20)18-4-2-3-11(7-18)6-17-10-13-9-15-17/h5,8-11H,2-4,6-7H2,1H3/t11-/m1/s1. The molecule has 1 fully saturated rings. The van der Waals surface area contributed by atoms with E-state index >= 15 is 0 Å². The lowest BCUT2D eigenvalue weighted by Gasteiger charge is -2.31. The molecule has 0 aromatic carbocycles. The Bertz CT molecular complexity index is 693. The predicted molar refractivity (Wildman–Crippen MR) is 74.7 cm³/mol. The number of piperidine rings is 1. The molecule has 1 atom stereocenters. The number of nitrogens with zero attached hydrogens (tertiary/aromatic N) is 6. The van der Waals surface area contributed by atoms with E-state index in [1.807, 2.05) is 0 Å². The minimum Gasteiger partial charge on any atom is -0.274 e. The zero-order valence-corrected chi connectivity index (χ0v) is 12.6. The van der Waals surface area contributed by atoms with Crippen molar-refractivity contribution in [3.05, 3.63) is 25.0 Å². The van der Waals surface area contributed by atoms with Crippen molar-refractivity contribution in [3.63, 3.8) is 0 Å². The van der Waals surface area contributed by atoms with Crippen LogP contribution in [0, 0.1) is 5.92 Å². The Labute approximate surface area is 123 Å². The Morgan fingerprint density at radius 3 is 2.90 bits per heavy atom. The molecule has 0 amide bonds. The van der Waals surface area contributed by atoms with Crippen LogP contribution in [-0.4, -0.2) is 50.4 Å². The molecule has 0 unspecified atom stereocenters. The van der Waals surface area contributed by atoms with Crippen molar-refractivity contribution in [1.29, 1.82) is 0 Å². The van der Waals surface area contributed by atoms with Crippen molar-refractivity contribution in [1.82, 2.24) is 28.9 Å². The lowest BCUT2D eigenvalue weighted by Crippen LogP contribution is -2.41. The van der Waals surface area contributed by atoms with E-state index < -0.39 is 10.0 Å². The third kappa shape index (κ3) is 2.98. The molecular formula is C12H18N6O2S. The van der Waals surface area contributed by atoms with Crippen LogP contribution in [0.1, 0.15) is 12.8 Å². The average Bonchev–Trinajstić information content (AvgIpc) is 3.11. The SMILES string of the molecule is Cn1cc(S(=O)(=O)N2CCC[C@H](Cn3cncn3)C2)cn1. The number of rotatable bonds is 4. The van der Waals surface area contributed by atoms with Crippen LogP contribution in [0.3, 0.4) is 0 Å². The van der Waals surface area contributed by atoms with Crippen molar-refractivity contribution < 1.29 is 8.42 Å². The van der Waals surface area contributed by atoms with Crippen molar-refractivity contribution >= 4 is 10.0 Å². The van der Waals surface area contributed by atoms with Gasteiger partial charge in [0.2, 0.25) is 10.0 Å². The first kappa shape index (κ1) is 14.2. The van der Waals surface area contributed by atoms with Gasteiger partial charge in [0.15, 0.2) is 0 Å². The van der Waals surface area contributed by atoms with Crippen molar-refractivity contribution in [2.45, 2.75) is 24.3 Å². The topological polar surface area (TPSA) is 85.9 Å². The molecule has 1 aliphatic heterocycles. The van der Waals surface area contributed by atoms with E-state index in [1.165, 1.54) is 23.4 Å². The number of hydrogen-bond acceptors (Lipinski definition) is 5. The highest BCUT2D eigenvalue weighted by atomic mass is 32.2. The number of aromatic nitrogens is 5. The summed E-state index contributed by atoms with van der Waals surface area (Å²) in [6.07, 6.45) is 7.95. The summed E-state index contributed by atoms with van der Waals surface area (Å²) in [4.78, 5) is 4.17. The zero-order valence-electron chi connectivity index (χ0n) is 11.8. The van der Waals surface area contributed by atoms with Crippen LogP contribution in [0.15, 0.2) is 29.9 Å². The van der Waals surface area contributed by atoms with E-state index in [2.05, 4.69) is 15.2 Å². The lowest BCUT2D eigenvalue weighted by molar-refractivity contribution is 0.239. The van der Waals surface area contributed by atoms with E-state index in [0.717, 1.165) is 12.8 Å². The number of sulfonamides is 1. The van der Waals surface area contributed by atoms with Gasteiger partial charge in [0.05, 0.1) is 6.20 Å². The maximum absolute atomic E-state index is 12.6. The summed E-state index contributed by atoms with van der Waals surface area (Å²) in [5, 5.41) is 8.03. The Morgan fingerprint density at radius 2 is 2.24 bits per heavy atom. The molecule has 0 bridgehead atoms. The quantitative estimate of drug-likeness (QED) is 0.800. The zero-order chi connectivity index (χ0) is 14.9. The van der Waals surface area contributed by atoms with E-state index in [-0.39, 0.29) is 10.8 Å². The summed E-state index contributed by atoms with van der Waals surface area (Å²) in [7, 11) is -1.74. The first-order valence-corrected chi connectivity index (χ1v) is 8.31. The van der Waals surface area contributed by atoms with Gasteiger partial charge in [0.25, 0.3) is 0 Å². The third-order valence-corrected chi connectivity index (χ3v) is 5.53. The molecule has 114 valence electrons. The highest BCUT2D eigenvalue weighted by Gasteiger charge is 2.31. The van der Waals surface area contributed by atoms with Gasteiger partial charge in [0, 0.05) is 32.9 Å². The van der Waals surface area contributed by atoms with Crippen molar-refractivity contribution in [3.8, 4) is 0 Å². The summed E-state index contributed by atoms with van der Waals surface area (Å²) < 4.78 is 30.0. The minimum atomic E-state index is -3.45. The van der Waals surface area contributed by atoms with Crippen molar-refractivity contribution in [2.24, 2.45) is 13.0 Å². The predicted octanol–water partition coefficient (Wildman–Crippen LogP) is 0.112. The molecule has 3 heterocycles. The maximum atomic E-state index is 12.6. The smallest absolute Gasteiger partial charge is 0.246 e. The fourth-order valence-corrected chi connectivity index (χ4v) is 4.21. The van der Waals surface area contributed by atoms with Crippen LogP contribution < -0.4 is 0 Å². The van der Waals surface area contributed by atoms with Gasteiger partial charge in [-0.2, -0.15) is 14.5 Å². The molecule has 21 heavy (non-hydrogen) atoms. The first-order valence-electron chi connectivity index (χ1n) is 6.87. The van der Waals surface area contributed by atoms with Gasteiger partial charge in [-0.05, 0) is 18.8 Å². The Kier molecular flexibility index (Phi) is 3.77. The molecule has 0 aliphatic carbocycles. The molecule has 1 aliphatic rings. The summed E-state index contributed by atoms with van der Waals surface area (Å²) in [5.74, 6) is 0.256. The number of aryl methyl sites for hydroxylation is 1. The van der Waals surface area contributed by atoms with E-state index in [0.29, 0.717) is 19.6 Å². The summed E-state index contributed by atoms with van der Waals surface area (Å²) in [5.41, 5.74) is 0. The van der Waals surface area contributed by atoms with Gasteiger partial charge in [0.1, 0.15) is 17.6 Å². The summed E-state index contributed by atoms with van der Waals surface area (Å²) in [6.45, 7) is 1.77. The molecule has 8 nitrogen and oxygen atoms in total. The third-order valence-electron chi connectivity index (χ3n) is 3.71. The van der Waals surface area contributed by atoms with Crippen LogP contribution >= 0.6 is 0 Å². The van der Waals surface area contributed by atoms with Crippen LogP contribution in [0.2, 0.25) is 0 Å². The van der Waals surface area contributed by atoms with Gasteiger partial charge < -0.3 is 0 Å². The van der Waals surface area contributed by atoms with E-state index in [1.54, 1.807) is 22.4 Å². The molecule has 9 heteroatoms. The van der Waals surface area contributed by atoms with Gasteiger partial charge in [-0.3, -0.25) is 9.36 Å². The fraction of sp³-hybridized carbons (Fsp3) is 0.583. The van der Waals surface area contributed by atoms with Gasteiger partial charge in [-0.15, -0.1) is 0 Å². The minimum absolute atomic E-state index is 0.256. The highest BCUT2D eigenvalue weighted by Crippen LogP contribution is 2.24. The largest absolute Gasteiger partial charge is 0.274 e. The normalized spacial score (nSPS) is 20.7. The second-order valence-corrected chi connectivity index (χ2v) is 7.28. The molecular weight excluding hydrogens is 292 g/mol.